The van der Waals surface area contributed by atoms with Crippen molar-refractivity contribution in [3.05, 3.63) is 33.8 Å². The van der Waals surface area contributed by atoms with Crippen LogP contribution in [0.1, 0.15) is 12.5 Å². The Bertz CT molecular complexity index is 512. The summed E-state index contributed by atoms with van der Waals surface area (Å²) in [6.07, 6.45) is -5.39. The van der Waals surface area contributed by atoms with Gasteiger partial charge in [-0.2, -0.15) is 13.2 Å². The zero-order valence-corrected chi connectivity index (χ0v) is 11.2. The molecule has 1 aromatic rings. The van der Waals surface area contributed by atoms with Crippen molar-refractivity contribution in [2.45, 2.75) is 19.5 Å². The second-order valence-electron chi connectivity index (χ2n) is 3.98. The Hall–Kier alpha value is -1.07. The van der Waals surface area contributed by atoms with Crippen LogP contribution in [0.25, 0.3) is 0 Å². The van der Waals surface area contributed by atoms with Crippen LogP contribution in [0.5, 0.6) is 0 Å². The highest BCUT2D eigenvalue weighted by atomic mass is 35.5. The van der Waals surface area contributed by atoms with Gasteiger partial charge in [-0.1, -0.05) is 29.3 Å². The molecule has 7 heteroatoms. The molecule has 19 heavy (non-hydrogen) atoms. The molecule has 1 atom stereocenters. The summed E-state index contributed by atoms with van der Waals surface area (Å²) in [5, 5.41) is 0.396. The summed E-state index contributed by atoms with van der Waals surface area (Å²) in [5.41, 5.74) is 0.340. The highest BCUT2D eigenvalue weighted by Crippen LogP contribution is 2.27. The Kier molecular flexibility index (Phi) is 4.98. The molecule has 2 nitrogen and oxygen atoms in total. The monoisotopic (exact) mass is 312 g/mol. The molecule has 0 unspecified atom stereocenters. The zero-order valence-electron chi connectivity index (χ0n) is 9.72. The Labute approximate surface area is 117 Å². The molecule has 0 aliphatic carbocycles. The van der Waals surface area contributed by atoms with Gasteiger partial charge in [0, 0.05) is 0 Å². The van der Waals surface area contributed by atoms with Crippen molar-refractivity contribution in [3.63, 3.8) is 0 Å². The topological polar surface area (TPSA) is 34.1 Å². The van der Waals surface area contributed by atoms with E-state index >= 15 is 0 Å². The highest BCUT2D eigenvalue weighted by molar-refractivity contribution is 6.42. The lowest BCUT2D eigenvalue weighted by Crippen LogP contribution is -2.35. The van der Waals surface area contributed by atoms with Gasteiger partial charge in [-0.15, -0.1) is 0 Å². The minimum atomic E-state index is -5.04. The smallest absolute Gasteiger partial charge is 0.299 e. The van der Waals surface area contributed by atoms with Crippen molar-refractivity contribution >= 4 is 34.8 Å². The maximum absolute atomic E-state index is 12.4. The van der Waals surface area contributed by atoms with Crippen LogP contribution in [0.4, 0.5) is 13.2 Å². The van der Waals surface area contributed by atoms with E-state index in [2.05, 4.69) is 0 Å². The van der Waals surface area contributed by atoms with Gasteiger partial charge in [-0.3, -0.25) is 9.59 Å². The van der Waals surface area contributed by atoms with E-state index in [1.807, 2.05) is 0 Å². The minimum Gasteiger partial charge on any atom is -0.299 e. The second-order valence-corrected chi connectivity index (χ2v) is 4.79. The Morgan fingerprint density at radius 1 is 1.21 bits per heavy atom. The number of rotatable bonds is 4. The molecule has 0 aliphatic rings. The van der Waals surface area contributed by atoms with Gasteiger partial charge in [0.15, 0.2) is 0 Å². The molecular weight excluding hydrogens is 304 g/mol. The first-order chi connectivity index (χ1) is 8.62. The molecule has 0 spiro atoms. The quantitative estimate of drug-likeness (QED) is 0.791. The van der Waals surface area contributed by atoms with Crippen molar-refractivity contribution in [1.29, 1.82) is 0 Å². The van der Waals surface area contributed by atoms with Gasteiger partial charge >= 0.3 is 6.18 Å². The molecule has 0 bridgehead atoms. The van der Waals surface area contributed by atoms with E-state index in [4.69, 9.17) is 23.2 Å². The van der Waals surface area contributed by atoms with Crippen LogP contribution in [-0.2, 0) is 16.0 Å². The first kappa shape index (κ1) is 16.0. The number of ketones is 2. The number of hydrogen-bond donors (Lipinski definition) is 0. The normalized spacial score (nSPS) is 13.2. The summed E-state index contributed by atoms with van der Waals surface area (Å²) >= 11 is 11.4. The van der Waals surface area contributed by atoms with Crippen LogP contribution < -0.4 is 0 Å². The molecule has 0 heterocycles. The summed E-state index contributed by atoms with van der Waals surface area (Å²) in [4.78, 5) is 22.4. The van der Waals surface area contributed by atoms with Crippen molar-refractivity contribution < 1.29 is 22.8 Å². The highest BCUT2D eigenvalue weighted by Gasteiger charge is 2.44. The molecule has 0 radical (unpaired) electrons. The third-order valence-corrected chi connectivity index (χ3v) is 3.25. The van der Waals surface area contributed by atoms with Crippen LogP contribution in [0.3, 0.4) is 0 Å². The molecule has 0 aromatic heterocycles. The van der Waals surface area contributed by atoms with E-state index in [0.717, 1.165) is 6.92 Å². The lowest BCUT2D eigenvalue weighted by Gasteiger charge is -2.15. The van der Waals surface area contributed by atoms with Crippen LogP contribution in [-0.4, -0.2) is 17.7 Å². The Balaban J connectivity index is 3.00. The predicted molar refractivity (Wildman–Crippen MR) is 65.4 cm³/mol. The molecule has 0 saturated heterocycles. The number of benzene rings is 1. The summed E-state index contributed by atoms with van der Waals surface area (Å²) in [6.45, 7) is 0.950. The molecule has 1 aromatic carbocycles. The van der Waals surface area contributed by atoms with Gasteiger partial charge in [-0.25, -0.2) is 0 Å². The van der Waals surface area contributed by atoms with Crippen molar-refractivity contribution in [2.75, 3.05) is 0 Å². The number of carbonyl (C=O) groups is 2. The number of carbonyl (C=O) groups excluding carboxylic acids is 2. The fourth-order valence-electron chi connectivity index (χ4n) is 1.52. The summed E-state index contributed by atoms with van der Waals surface area (Å²) in [7, 11) is 0. The number of Topliss-reactive ketones (excluding diaryl/α,β-unsaturated/α-hetero) is 2. The van der Waals surface area contributed by atoms with E-state index in [1.165, 1.54) is 18.2 Å². The predicted octanol–water partition coefficient (Wildman–Crippen LogP) is 3.87. The van der Waals surface area contributed by atoms with E-state index in [-0.39, 0.29) is 16.5 Å². The van der Waals surface area contributed by atoms with Crippen molar-refractivity contribution in [2.24, 2.45) is 5.92 Å². The van der Waals surface area contributed by atoms with Gasteiger partial charge < -0.3 is 0 Å². The zero-order chi connectivity index (χ0) is 14.8. The maximum atomic E-state index is 12.4. The van der Waals surface area contributed by atoms with Gasteiger partial charge in [-0.05, 0) is 31.0 Å². The molecule has 1 rings (SSSR count). The molecule has 0 fully saturated rings. The summed E-state index contributed by atoms with van der Waals surface area (Å²) in [5.74, 6) is -4.64. The number of alkyl halides is 3. The van der Waals surface area contributed by atoms with E-state index in [9.17, 15) is 22.8 Å². The molecule has 104 valence electrons. The fourth-order valence-corrected chi connectivity index (χ4v) is 1.84. The molecule has 0 amide bonds. The standard InChI is InChI=1S/C12H9Cl2F3O2/c1-6(18)8(11(19)12(15,16)17)4-7-2-3-9(13)10(14)5-7/h2-3,5,8H,4H2,1H3/t8-/m1/s1. The van der Waals surface area contributed by atoms with Crippen LogP contribution in [0.2, 0.25) is 10.0 Å². The molecule has 0 N–H and O–H groups in total. The first-order valence-electron chi connectivity index (χ1n) is 5.18. The van der Waals surface area contributed by atoms with Gasteiger partial charge in [0.1, 0.15) is 5.78 Å². The van der Waals surface area contributed by atoms with Crippen molar-refractivity contribution in [1.82, 2.24) is 0 Å². The van der Waals surface area contributed by atoms with Gasteiger partial charge in [0.2, 0.25) is 5.78 Å². The Morgan fingerprint density at radius 2 is 1.79 bits per heavy atom. The SMILES string of the molecule is CC(=O)[C@@H](Cc1ccc(Cl)c(Cl)c1)C(=O)C(F)(F)F. The second kappa shape index (κ2) is 5.92. The third-order valence-electron chi connectivity index (χ3n) is 2.51. The fraction of sp³-hybridized carbons (Fsp3) is 0.333. The van der Waals surface area contributed by atoms with E-state index < -0.39 is 23.7 Å². The molecule has 0 aliphatic heterocycles. The summed E-state index contributed by atoms with van der Waals surface area (Å²) in [6, 6.07) is 4.16. The largest absolute Gasteiger partial charge is 0.450 e. The lowest BCUT2D eigenvalue weighted by molar-refractivity contribution is -0.176. The van der Waals surface area contributed by atoms with E-state index in [0.29, 0.717) is 5.56 Å². The van der Waals surface area contributed by atoms with Gasteiger partial charge in [0.05, 0.1) is 16.0 Å². The molecule has 0 saturated carbocycles. The van der Waals surface area contributed by atoms with E-state index in [1.54, 1.807) is 0 Å². The van der Waals surface area contributed by atoms with Gasteiger partial charge in [0.25, 0.3) is 0 Å². The average molecular weight is 313 g/mol. The number of halogens is 5. The lowest BCUT2D eigenvalue weighted by atomic mass is 9.91. The number of hydrogen-bond acceptors (Lipinski definition) is 2. The molecular formula is C12H9Cl2F3O2. The maximum Gasteiger partial charge on any atom is 0.450 e. The Morgan fingerprint density at radius 3 is 2.21 bits per heavy atom. The third kappa shape index (κ3) is 4.21. The van der Waals surface area contributed by atoms with Crippen LogP contribution in [0, 0.1) is 5.92 Å². The van der Waals surface area contributed by atoms with Crippen LogP contribution in [0.15, 0.2) is 18.2 Å². The summed E-state index contributed by atoms with van der Waals surface area (Å²) < 4.78 is 37.1. The van der Waals surface area contributed by atoms with Crippen LogP contribution >= 0.6 is 23.2 Å². The minimum absolute atomic E-state index is 0.154. The first-order valence-corrected chi connectivity index (χ1v) is 5.94. The van der Waals surface area contributed by atoms with Crippen molar-refractivity contribution in [3.8, 4) is 0 Å². The average Bonchev–Trinajstić information content (AvgIpc) is 2.28.